The monoisotopic (exact) mass is 266 g/mol. The molecule has 0 aromatic rings. The van der Waals surface area contributed by atoms with Crippen molar-refractivity contribution in [2.24, 2.45) is 0 Å². The molecule has 0 radical (unpaired) electrons. The quantitative estimate of drug-likeness (QED) is 0.663. The second-order valence-electron chi connectivity index (χ2n) is 5.20. The lowest BCUT2D eigenvalue weighted by Gasteiger charge is -2.23. The third kappa shape index (κ3) is 9.92. The number of likely N-dealkylation sites (N-methyl/N-ethyl adjacent to an activating group) is 1. The van der Waals surface area contributed by atoms with Gasteiger partial charge in [0, 0.05) is 32.2 Å². The number of hydrogen-bond donors (Lipinski definition) is 0. The summed E-state index contributed by atoms with van der Waals surface area (Å²) in [6.07, 6.45) is 12.7. The van der Waals surface area contributed by atoms with Crippen molar-refractivity contribution in [3.63, 3.8) is 0 Å². The second-order valence-corrected chi connectivity index (χ2v) is 5.20. The molecule has 2 aliphatic rings. The Kier molecular flexibility index (Phi) is 12.0. The minimum absolute atomic E-state index is 0.722. The summed E-state index contributed by atoms with van der Waals surface area (Å²) in [6.45, 7) is 13.4. The van der Waals surface area contributed by atoms with E-state index in [1.165, 1.54) is 38.9 Å². The molecule has 0 spiro atoms. The van der Waals surface area contributed by atoms with Gasteiger partial charge in [-0.3, -0.25) is 0 Å². The molecule has 0 saturated heterocycles. The SMILES string of the molecule is CC.CC(C)N1CCC=CCC1.CN1CC=CCC1. The molecule has 2 nitrogen and oxygen atoms in total. The Morgan fingerprint density at radius 1 is 0.789 bits per heavy atom. The van der Waals surface area contributed by atoms with E-state index in [1.807, 2.05) is 13.8 Å². The minimum Gasteiger partial charge on any atom is -0.302 e. The Morgan fingerprint density at radius 2 is 1.26 bits per heavy atom. The molecule has 2 aliphatic heterocycles. The van der Waals surface area contributed by atoms with Crippen LogP contribution in [-0.4, -0.2) is 49.1 Å². The summed E-state index contributed by atoms with van der Waals surface area (Å²) in [5.41, 5.74) is 0. The van der Waals surface area contributed by atoms with E-state index < -0.39 is 0 Å². The first-order valence-corrected chi connectivity index (χ1v) is 7.92. The molecule has 2 rings (SSSR count). The van der Waals surface area contributed by atoms with Crippen LogP contribution in [0.25, 0.3) is 0 Å². The van der Waals surface area contributed by atoms with Gasteiger partial charge in [-0.1, -0.05) is 38.2 Å². The average molecular weight is 266 g/mol. The Morgan fingerprint density at radius 3 is 1.58 bits per heavy atom. The van der Waals surface area contributed by atoms with E-state index in [0.29, 0.717) is 0 Å². The van der Waals surface area contributed by atoms with Crippen LogP contribution in [-0.2, 0) is 0 Å². The largest absolute Gasteiger partial charge is 0.302 e. The van der Waals surface area contributed by atoms with Gasteiger partial charge in [-0.15, -0.1) is 0 Å². The fraction of sp³-hybridized carbons (Fsp3) is 0.765. The molecule has 2 heteroatoms. The molecule has 0 aromatic heterocycles. The van der Waals surface area contributed by atoms with Crippen LogP contribution in [0, 0.1) is 0 Å². The van der Waals surface area contributed by atoms with Gasteiger partial charge in [0.1, 0.15) is 0 Å². The number of rotatable bonds is 1. The minimum atomic E-state index is 0.722. The van der Waals surface area contributed by atoms with Crippen LogP contribution >= 0.6 is 0 Å². The second kappa shape index (κ2) is 12.4. The summed E-state index contributed by atoms with van der Waals surface area (Å²) in [5, 5.41) is 0. The van der Waals surface area contributed by atoms with Crippen LogP contribution in [0.4, 0.5) is 0 Å². The van der Waals surface area contributed by atoms with Crippen LogP contribution in [0.3, 0.4) is 0 Å². The lowest BCUT2D eigenvalue weighted by molar-refractivity contribution is 0.234. The highest BCUT2D eigenvalue weighted by Gasteiger charge is 2.08. The standard InChI is InChI=1S/C9H17N.C6H11N.C2H6/c1-9(2)10-7-5-3-4-6-8-10;1-7-5-3-2-4-6-7;1-2/h3-4,9H,5-8H2,1-2H3;2-3H,4-6H2,1H3;1-2H3. The van der Waals surface area contributed by atoms with E-state index in [-0.39, 0.29) is 0 Å². The Labute approximate surface area is 121 Å². The summed E-state index contributed by atoms with van der Waals surface area (Å²) in [4.78, 5) is 4.83. The zero-order chi connectivity index (χ0) is 14.5. The van der Waals surface area contributed by atoms with Gasteiger partial charge in [0.25, 0.3) is 0 Å². The predicted molar refractivity (Wildman–Crippen MR) is 87.7 cm³/mol. The molecule has 0 amide bonds. The molecular weight excluding hydrogens is 232 g/mol. The first-order chi connectivity index (χ1) is 9.20. The summed E-state index contributed by atoms with van der Waals surface area (Å²) < 4.78 is 0. The van der Waals surface area contributed by atoms with Crippen LogP contribution in [0.15, 0.2) is 24.3 Å². The lowest BCUT2D eigenvalue weighted by Crippen LogP contribution is -2.31. The highest BCUT2D eigenvalue weighted by molar-refractivity contribution is 4.89. The van der Waals surface area contributed by atoms with Crippen molar-refractivity contribution >= 4 is 0 Å². The van der Waals surface area contributed by atoms with Crippen LogP contribution in [0.1, 0.15) is 47.0 Å². The van der Waals surface area contributed by atoms with Gasteiger partial charge in [0.2, 0.25) is 0 Å². The Balaban J connectivity index is 0.000000316. The first kappa shape index (κ1) is 18.4. The summed E-state index contributed by atoms with van der Waals surface area (Å²) in [7, 11) is 2.14. The van der Waals surface area contributed by atoms with Crippen LogP contribution in [0.5, 0.6) is 0 Å². The highest BCUT2D eigenvalue weighted by Crippen LogP contribution is 2.05. The van der Waals surface area contributed by atoms with Crippen LogP contribution < -0.4 is 0 Å². The Bertz CT molecular complexity index is 234. The highest BCUT2D eigenvalue weighted by atomic mass is 15.1. The molecule has 0 N–H and O–H groups in total. The Hall–Kier alpha value is -0.600. The lowest BCUT2D eigenvalue weighted by atomic mass is 10.3. The summed E-state index contributed by atoms with van der Waals surface area (Å²) >= 11 is 0. The van der Waals surface area contributed by atoms with Crippen molar-refractivity contribution in [1.29, 1.82) is 0 Å². The van der Waals surface area contributed by atoms with E-state index in [9.17, 15) is 0 Å². The molecular formula is C17H34N2. The van der Waals surface area contributed by atoms with E-state index in [2.05, 4.69) is 55.0 Å². The maximum atomic E-state index is 2.53. The molecule has 0 unspecified atom stereocenters. The molecule has 0 aliphatic carbocycles. The van der Waals surface area contributed by atoms with Crippen molar-refractivity contribution < 1.29 is 0 Å². The maximum absolute atomic E-state index is 2.53. The van der Waals surface area contributed by atoms with Crippen molar-refractivity contribution in [1.82, 2.24) is 9.80 Å². The normalized spacial score (nSPS) is 20.1. The third-order valence-electron chi connectivity index (χ3n) is 3.32. The molecule has 0 bridgehead atoms. The predicted octanol–water partition coefficient (Wildman–Crippen LogP) is 3.95. The van der Waals surface area contributed by atoms with Gasteiger partial charge in [0.05, 0.1) is 0 Å². The molecule has 112 valence electrons. The average Bonchev–Trinajstić information content (AvgIpc) is 2.71. The number of nitrogens with zero attached hydrogens (tertiary/aromatic N) is 2. The van der Waals surface area contributed by atoms with Crippen molar-refractivity contribution in [2.45, 2.75) is 53.0 Å². The van der Waals surface area contributed by atoms with Gasteiger partial charge in [-0.25, -0.2) is 0 Å². The molecule has 0 atom stereocenters. The molecule has 0 fully saturated rings. The molecule has 0 aromatic carbocycles. The fourth-order valence-electron chi connectivity index (χ4n) is 2.10. The van der Waals surface area contributed by atoms with Crippen LogP contribution in [0.2, 0.25) is 0 Å². The summed E-state index contributed by atoms with van der Waals surface area (Å²) in [5.74, 6) is 0. The van der Waals surface area contributed by atoms with Gasteiger partial charge < -0.3 is 9.80 Å². The number of hydrogen-bond acceptors (Lipinski definition) is 2. The topological polar surface area (TPSA) is 6.48 Å². The first-order valence-electron chi connectivity index (χ1n) is 7.92. The van der Waals surface area contributed by atoms with Gasteiger partial charge in [-0.2, -0.15) is 0 Å². The molecule has 0 saturated carbocycles. The van der Waals surface area contributed by atoms with Crippen molar-refractivity contribution in [3.05, 3.63) is 24.3 Å². The third-order valence-corrected chi connectivity index (χ3v) is 3.32. The fourth-order valence-corrected chi connectivity index (χ4v) is 2.10. The smallest absolute Gasteiger partial charge is 0.0160 e. The van der Waals surface area contributed by atoms with E-state index in [1.54, 1.807) is 0 Å². The van der Waals surface area contributed by atoms with Gasteiger partial charge in [0.15, 0.2) is 0 Å². The van der Waals surface area contributed by atoms with Crippen molar-refractivity contribution in [3.8, 4) is 0 Å². The zero-order valence-electron chi connectivity index (χ0n) is 13.7. The van der Waals surface area contributed by atoms with Gasteiger partial charge >= 0.3 is 0 Å². The summed E-state index contributed by atoms with van der Waals surface area (Å²) in [6, 6.07) is 0.722. The van der Waals surface area contributed by atoms with E-state index >= 15 is 0 Å². The zero-order valence-corrected chi connectivity index (χ0v) is 13.7. The van der Waals surface area contributed by atoms with Crippen molar-refractivity contribution in [2.75, 3.05) is 33.2 Å². The van der Waals surface area contributed by atoms with E-state index in [0.717, 1.165) is 12.6 Å². The van der Waals surface area contributed by atoms with E-state index in [4.69, 9.17) is 0 Å². The maximum Gasteiger partial charge on any atom is 0.0160 e. The molecule has 2 heterocycles. The molecule has 19 heavy (non-hydrogen) atoms. The van der Waals surface area contributed by atoms with Gasteiger partial charge in [-0.05, 0) is 40.2 Å².